The second kappa shape index (κ2) is 8.17. The lowest BCUT2D eigenvalue weighted by Gasteiger charge is -2.09. The summed E-state index contributed by atoms with van der Waals surface area (Å²) in [5.41, 5.74) is 3.37. The summed E-state index contributed by atoms with van der Waals surface area (Å²) in [4.78, 5) is 16.1. The summed E-state index contributed by atoms with van der Waals surface area (Å²) in [5, 5.41) is 6.18. The molecule has 0 saturated heterocycles. The van der Waals surface area contributed by atoms with E-state index < -0.39 is 0 Å². The molecule has 2 aromatic carbocycles. The summed E-state index contributed by atoms with van der Waals surface area (Å²) >= 11 is 0. The molecule has 0 atom stereocenters. The smallest absolute Gasteiger partial charge is 0.255 e. The molecule has 126 valence electrons. The van der Waals surface area contributed by atoms with Crippen molar-refractivity contribution in [3.8, 4) is 0 Å². The Balaban J connectivity index is 1.56. The van der Waals surface area contributed by atoms with Crippen LogP contribution in [-0.2, 0) is 13.1 Å². The molecule has 0 aliphatic rings. The van der Waals surface area contributed by atoms with Gasteiger partial charge in [-0.1, -0.05) is 24.3 Å². The third-order valence-corrected chi connectivity index (χ3v) is 3.70. The van der Waals surface area contributed by atoms with Gasteiger partial charge < -0.3 is 10.6 Å². The standard InChI is InChI=1S/C20H18FN3O/c21-18-6-4-15(5-7-18)13-23-14-16-2-1-3-19(12-16)24-20(25)17-8-10-22-11-9-17/h1-12,23H,13-14H2,(H,24,25). The molecule has 5 heteroatoms. The summed E-state index contributed by atoms with van der Waals surface area (Å²) in [5.74, 6) is -0.403. The number of pyridine rings is 1. The van der Waals surface area contributed by atoms with Gasteiger partial charge in [0.2, 0.25) is 0 Å². The van der Waals surface area contributed by atoms with E-state index in [4.69, 9.17) is 0 Å². The van der Waals surface area contributed by atoms with Gasteiger partial charge in [0.25, 0.3) is 5.91 Å². The first kappa shape index (κ1) is 16.8. The minimum absolute atomic E-state index is 0.168. The van der Waals surface area contributed by atoms with Crippen LogP contribution in [0.4, 0.5) is 10.1 Å². The van der Waals surface area contributed by atoms with Crippen LogP contribution >= 0.6 is 0 Å². The minimum atomic E-state index is -0.235. The monoisotopic (exact) mass is 335 g/mol. The molecular weight excluding hydrogens is 317 g/mol. The fourth-order valence-electron chi connectivity index (χ4n) is 2.42. The number of rotatable bonds is 6. The van der Waals surface area contributed by atoms with Crippen molar-refractivity contribution in [2.45, 2.75) is 13.1 Å². The van der Waals surface area contributed by atoms with E-state index in [1.54, 1.807) is 36.7 Å². The zero-order valence-corrected chi connectivity index (χ0v) is 13.6. The quantitative estimate of drug-likeness (QED) is 0.721. The molecule has 0 fully saturated rings. The van der Waals surface area contributed by atoms with Gasteiger partial charge in [-0.15, -0.1) is 0 Å². The SMILES string of the molecule is O=C(Nc1cccc(CNCc2ccc(F)cc2)c1)c1ccncc1. The first-order valence-corrected chi connectivity index (χ1v) is 7.96. The Morgan fingerprint density at radius 3 is 2.40 bits per heavy atom. The predicted molar refractivity (Wildman–Crippen MR) is 95.6 cm³/mol. The van der Waals surface area contributed by atoms with Gasteiger partial charge in [-0.05, 0) is 47.5 Å². The zero-order chi connectivity index (χ0) is 17.5. The van der Waals surface area contributed by atoms with Crippen molar-refractivity contribution in [1.29, 1.82) is 0 Å². The molecule has 0 aliphatic heterocycles. The Hall–Kier alpha value is -3.05. The van der Waals surface area contributed by atoms with Crippen molar-refractivity contribution in [1.82, 2.24) is 10.3 Å². The van der Waals surface area contributed by atoms with E-state index in [0.717, 1.165) is 16.8 Å². The maximum atomic E-state index is 12.9. The van der Waals surface area contributed by atoms with Gasteiger partial charge in [0.1, 0.15) is 5.82 Å². The van der Waals surface area contributed by atoms with Crippen LogP contribution in [0.1, 0.15) is 21.5 Å². The highest BCUT2D eigenvalue weighted by molar-refractivity contribution is 6.04. The van der Waals surface area contributed by atoms with Crippen LogP contribution in [0, 0.1) is 5.82 Å². The van der Waals surface area contributed by atoms with Gasteiger partial charge in [0.05, 0.1) is 0 Å². The number of halogens is 1. The largest absolute Gasteiger partial charge is 0.322 e. The fourth-order valence-corrected chi connectivity index (χ4v) is 2.42. The molecule has 4 nitrogen and oxygen atoms in total. The Labute approximate surface area is 145 Å². The number of amides is 1. The average Bonchev–Trinajstić information content (AvgIpc) is 2.64. The van der Waals surface area contributed by atoms with E-state index in [0.29, 0.717) is 18.7 Å². The van der Waals surface area contributed by atoms with Crippen LogP contribution in [0.5, 0.6) is 0 Å². The van der Waals surface area contributed by atoms with Crippen LogP contribution in [0.2, 0.25) is 0 Å². The Morgan fingerprint density at radius 1 is 0.920 bits per heavy atom. The molecule has 3 aromatic rings. The number of nitrogens with one attached hydrogen (secondary N) is 2. The lowest BCUT2D eigenvalue weighted by molar-refractivity contribution is 0.102. The molecule has 0 spiro atoms. The number of carbonyl (C=O) groups excluding carboxylic acids is 1. The van der Waals surface area contributed by atoms with Crippen LogP contribution in [0.3, 0.4) is 0 Å². The first-order valence-electron chi connectivity index (χ1n) is 7.96. The Morgan fingerprint density at radius 2 is 1.64 bits per heavy atom. The molecule has 1 heterocycles. The second-order valence-corrected chi connectivity index (χ2v) is 5.62. The number of carbonyl (C=O) groups is 1. The number of hydrogen-bond donors (Lipinski definition) is 2. The number of hydrogen-bond acceptors (Lipinski definition) is 3. The Bertz CT molecular complexity index is 835. The van der Waals surface area contributed by atoms with E-state index >= 15 is 0 Å². The molecule has 1 aromatic heterocycles. The van der Waals surface area contributed by atoms with Gasteiger partial charge in [-0.25, -0.2) is 4.39 Å². The highest BCUT2D eigenvalue weighted by Crippen LogP contribution is 2.12. The van der Waals surface area contributed by atoms with Crippen molar-refractivity contribution >= 4 is 11.6 Å². The molecule has 0 aliphatic carbocycles. The highest BCUT2D eigenvalue weighted by atomic mass is 19.1. The molecule has 3 rings (SSSR count). The zero-order valence-electron chi connectivity index (χ0n) is 13.6. The first-order chi connectivity index (χ1) is 12.2. The van der Waals surface area contributed by atoms with E-state index in [-0.39, 0.29) is 11.7 Å². The lowest BCUT2D eigenvalue weighted by atomic mass is 10.1. The maximum absolute atomic E-state index is 12.9. The van der Waals surface area contributed by atoms with Gasteiger partial charge in [0, 0.05) is 36.7 Å². The van der Waals surface area contributed by atoms with Crippen molar-refractivity contribution < 1.29 is 9.18 Å². The van der Waals surface area contributed by atoms with Crippen molar-refractivity contribution in [3.05, 3.63) is 95.6 Å². The van der Waals surface area contributed by atoms with Crippen molar-refractivity contribution in [2.75, 3.05) is 5.32 Å². The van der Waals surface area contributed by atoms with E-state index in [2.05, 4.69) is 15.6 Å². The fraction of sp³-hybridized carbons (Fsp3) is 0.100. The molecule has 0 bridgehead atoms. The van der Waals surface area contributed by atoms with E-state index in [1.165, 1.54) is 12.1 Å². The summed E-state index contributed by atoms with van der Waals surface area (Å²) in [6, 6.07) is 17.4. The van der Waals surface area contributed by atoms with Crippen LogP contribution in [0.15, 0.2) is 73.1 Å². The summed E-state index contributed by atoms with van der Waals surface area (Å²) in [7, 11) is 0. The summed E-state index contributed by atoms with van der Waals surface area (Å²) < 4.78 is 12.9. The van der Waals surface area contributed by atoms with Crippen molar-refractivity contribution in [2.24, 2.45) is 0 Å². The van der Waals surface area contributed by atoms with Gasteiger partial charge in [-0.3, -0.25) is 9.78 Å². The van der Waals surface area contributed by atoms with Gasteiger partial charge >= 0.3 is 0 Å². The molecule has 2 N–H and O–H groups in total. The maximum Gasteiger partial charge on any atom is 0.255 e. The number of benzene rings is 2. The summed E-state index contributed by atoms with van der Waals surface area (Å²) in [6.07, 6.45) is 3.18. The van der Waals surface area contributed by atoms with Crippen molar-refractivity contribution in [3.63, 3.8) is 0 Å². The average molecular weight is 335 g/mol. The van der Waals surface area contributed by atoms with Crippen LogP contribution in [-0.4, -0.2) is 10.9 Å². The van der Waals surface area contributed by atoms with E-state index in [9.17, 15) is 9.18 Å². The Kier molecular flexibility index (Phi) is 5.49. The molecule has 0 radical (unpaired) electrons. The molecule has 0 unspecified atom stereocenters. The molecular formula is C20H18FN3O. The topological polar surface area (TPSA) is 54.0 Å². The predicted octanol–water partition coefficient (Wildman–Crippen LogP) is 3.76. The molecule has 25 heavy (non-hydrogen) atoms. The third kappa shape index (κ3) is 4.96. The highest BCUT2D eigenvalue weighted by Gasteiger charge is 2.05. The third-order valence-electron chi connectivity index (χ3n) is 3.70. The van der Waals surface area contributed by atoms with E-state index in [1.807, 2.05) is 24.3 Å². The van der Waals surface area contributed by atoms with Gasteiger partial charge in [-0.2, -0.15) is 0 Å². The number of nitrogens with zero attached hydrogens (tertiary/aromatic N) is 1. The minimum Gasteiger partial charge on any atom is -0.322 e. The van der Waals surface area contributed by atoms with Crippen LogP contribution in [0.25, 0.3) is 0 Å². The molecule has 1 amide bonds. The second-order valence-electron chi connectivity index (χ2n) is 5.62. The van der Waals surface area contributed by atoms with Crippen LogP contribution < -0.4 is 10.6 Å². The molecule has 0 saturated carbocycles. The van der Waals surface area contributed by atoms with Gasteiger partial charge in [0.15, 0.2) is 0 Å². The lowest BCUT2D eigenvalue weighted by Crippen LogP contribution is -2.14. The number of aromatic nitrogens is 1. The summed E-state index contributed by atoms with van der Waals surface area (Å²) in [6.45, 7) is 1.30. The normalized spacial score (nSPS) is 10.4. The number of anilines is 1.